The van der Waals surface area contributed by atoms with Crippen molar-refractivity contribution >= 4 is 11.9 Å². The van der Waals surface area contributed by atoms with Crippen molar-refractivity contribution in [2.45, 2.75) is 51.9 Å². The number of carboxylic acid groups (broad SMARTS) is 1. The van der Waals surface area contributed by atoms with Gasteiger partial charge in [0, 0.05) is 11.5 Å². The number of amides is 1. The van der Waals surface area contributed by atoms with Gasteiger partial charge in [0.15, 0.2) is 0 Å². The summed E-state index contributed by atoms with van der Waals surface area (Å²) in [5.74, 6) is -1.35. The van der Waals surface area contributed by atoms with Gasteiger partial charge in [0.1, 0.15) is 5.41 Å². The molecule has 0 aromatic heterocycles. The van der Waals surface area contributed by atoms with Crippen LogP contribution in [0, 0.1) is 10.8 Å². The van der Waals surface area contributed by atoms with Crippen LogP contribution < -0.4 is 5.32 Å². The molecule has 2 N–H and O–H groups in total. The molecule has 2 unspecified atom stereocenters. The first-order valence-corrected chi connectivity index (χ1v) is 8.06. The van der Waals surface area contributed by atoms with Crippen LogP contribution in [0.25, 0.3) is 0 Å². The minimum Gasteiger partial charge on any atom is -0.480 e. The van der Waals surface area contributed by atoms with Gasteiger partial charge in [-0.25, -0.2) is 0 Å². The van der Waals surface area contributed by atoms with E-state index in [9.17, 15) is 14.7 Å². The molecule has 0 aliphatic heterocycles. The predicted molar refractivity (Wildman–Crippen MR) is 84.7 cm³/mol. The molecule has 124 valence electrons. The van der Waals surface area contributed by atoms with Crippen molar-refractivity contribution < 1.29 is 19.4 Å². The second kappa shape index (κ2) is 5.64. The molecule has 1 amide bonds. The fourth-order valence-corrected chi connectivity index (χ4v) is 3.14. The quantitative estimate of drug-likeness (QED) is 0.790. The van der Waals surface area contributed by atoms with E-state index in [0.717, 1.165) is 12.0 Å². The molecule has 0 spiro atoms. The minimum atomic E-state index is -1.17. The van der Waals surface area contributed by atoms with Crippen molar-refractivity contribution in [3.63, 3.8) is 0 Å². The second-order valence-corrected chi connectivity index (χ2v) is 7.26. The van der Waals surface area contributed by atoms with E-state index in [2.05, 4.69) is 19.2 Å². The predicted octanol–water partition coefficient (Wildman–Crippen LogP) is 2.35. The van der Waals surface area contributed by atoms with Gasteiger partial charge in [-0.15, -0.1) is 0 Å². The van der Waals surface area contributed by atoms with Gasteiger partial charge in [-0.05, 0) is 24.8 Å². The first-order valence-electron chi connectivity index (χ1n) is 8.06. The lowest BCUT2D eigenvalue weighted by Gasteiger charge is -2.51. The Kier molecular flexibility index (Phi) is 3.92. The average molecular weight is 317 g/mol. The van der Waals surface area contributed by atoms with Crippen LogP contribution in [0.2, 0.25) is 0 Å². The van der Waals surface area contributed by atoms with Gasteiger partial charge in [0.25, 0.3) is 0 Å². The fraction of sp³-hybridized carbons (Fsp3) is 0.556. The van der Waals surface area contributed by atoms with E-state index in [0.29, 0.717) is 19.4 Å². The van der Waals surface area contributed by atoms with E-state index in [4.69, 9.17) is 4.74 Å². The van der Waals surface area contributed by atoms with Gasteiger partial charge in [0.2, 0.25) is 5.91 Å². The van der Waals surface area contributed by atoms with E-state index in [1.54, 1.807) is 0 Å². The molecule has 1 aromatic carbocycles. The maximum Gasteiger partial charge on any atom is 0.319 e. The molecular formula is C18H23NO4. The number of hydrogen-bond acceptors (Lipinski definition) is 3. The molecule has 23 heavy (non-hydrogen) atoms. The normalized spacial score (nSPS) is 26.9. The topological polar surface area (TPSA) is 75.6 Å². The summed E-state index contributed by atoms with van der Waals surface area (Å²) in [7, 11) is 0. The SMILES string of the molecule is CC1(C)C(NC(=O)C2(C(=O)O)CC2)CC1OCc1ccccc1. The van der Waals surface area contributed by atoms with Crippen LogP contribution in [0.1, 0.15) is 38.7 Å². The molecule has 2 atom stereocenters. The van der Waals surface area contributed by atoms with Crippen LogP contribution in [0.3, 0.4) is 0 Å². The Morgan fingerprint density at radius 2 is 1.91 bits per heavy atom. The molecule has 0 radical (unpaired) electrons. The zero-order valence-corrected chi connectivity index (χ0v) is 13.5. The molecule has 0 heterocycles. The van der Waals surface area contributed by atoms with Crippen LogP contribution >= 0.6 is 0 Å². The van der Waals surface area contributed by atoms with E-state index in [1.165, 1.54) is 0 Å². The zero-order valence-electron chi connectivity index (χ0n) is 13.5. The van der Waals surface area contributed by atoms with E-state index in [-0.39, 0.29) is 23.5 Å². The number of aliphatic carboxylic acids is 1. The zero-order chi connectivity index (χ0) is 16.7. The van der Waals surface area contributed by atoms with Crippen molar-refractivity contribution in [2.75, 3.05) is 0 Å². The molecule has 3 rings (SSSR count). The van der Waals surface area contributed by atoms with Gasteiger partial charge >= 0.3 is 5.97 Å². The van der Waals surface area contributed by atoms with Crippen LogP contribution in [0.5, 0.6) is 0 Å². The molecular weight excluding hydrogens is 294 g/mol. The van der Waals surface area contributed by atoms with Gasteiger partial charge in [0.05, 0.1) is 12.7 Å². The standard InChI is InChI=1S/C18H23NO4/c1-17(2)13(19-15(20)18(8-9-18)16(21)22)10-14(17)23-11-12-6-4-3-5-7-12/h3-7,13-14H,8-11H2,1-2H3,(H,19,20)(H,21,22). The number of carbonyl (C=O) groups excluding carboxylic acids is 1. The Morgan fingerprint density at radius 3 is 2.43 bits per heavy atom. The molecule has 0 saturated heterocycles. The number of benzene rings is 1. The van der Waals surface area contributed by atoms with Gasteiger partial charge in [-0.1, -0.05) is 44.2 Å². The van der Waals surface area contributed by atoms with Crippen molar-refractivity contribution in [3.8, 4) is 0 Å². The van der Waals surface area contributed by atoms with Crippen LogP contribution in [0.15, 0.2) is 30.3 Å². The highest BCUT2D eigenvalue weighted by Crippen LogP contribution is 2.48. The minimum absolute atomic E-state index is 0.0346. The Labute approximate surface area is 136 Å². The second-order valence-electron chi connectivity index (χ2n) is 7.26. The maximum atomic E-state index is 12.2. The largest absolute Gasteiger partial charge is 0.480 e. The summed E-state index contributed by atoms with van der Waals surface area (Å²) in [6, 6.07) is 9.94. The summed E-state index contributed by atoms with van der Waals surface area (Å²) in [6.45, 7) is 4.66. The number of hydrogen-bond donors (Lipinski definition) is 2. The molecule has 1 aromatic rings. The lowest BCUT2D eigenvalue weighted by atomic mass is 9.64. The van der Waals surface area contributed by atoms with Crippen LogP contribution in [-0.2, 0) is 20.9 Å². The lowest BCUT2D eigenvalue weighted by Crippen LogP contribution is -2.63. The maximum absolute atomic E-state index is 12.2. The third-order valence-electron chi connectivity index (χ3n) is 5.37. The first kappa shape index (κ1) is 16.0. The van der Waals surface area contributed by atoms with Gasteiger partial charge in [-0.2, -0.15) is 0 Å². The number of carboxylic acids is 1. The third-order valence-corrected chi connectivity index (χ3v) is 5.37. The Balaban J connectivity index is 1.53. The Hall–Kier alpha value is -1.88. The molecule has 2 saturated carbocycles. The number of rotatable bonds is 6. The number of nitrogens with one attached hydrogen (secondary N) is 1. The Morgan fingerprint density at radius 1 is 1.26 bits per heavy atom. The van der Waals surface area contributed by atoms with E-state index < -0.39 is 11.4 Å². The highest BCUT2D eigenvalue weighted by atomic mass is 16.5. The molecule has 2 fully saturated rings. The average Bonchev–Trinajstić information content (AvgIpc) is 3.32. The fourth-order valence-electron chi connectivity index (χ4n) is 3.14. The third kappa shape index (κ3) is 2.85. The van der Waals surface area contributed by atoms with Crippen LogP contribution in [-0.4, -0.2) is 29.1 Å². The van der Waals surface area contributed by atoms with E-state index in [1.807, 2.05) is 30.3 Å². The van der Waals surface area contributed by atoms with Crippen molar-refractivity contribution in [1.82, 2.24) is 5.32 Å². The summed E-state index contributed by atoms with van der Waals surface area (Å²) < 4.78 is 5.97. The smallest absolute Gasteiger partial charge is 0.319 e. The lowest BCUT2D eigenvalue weighted by molar-refractivity contribution is -0.154. The van der Waals surface area contributed by atoms with Gasteiger partial charge < -0.3 is 15.2 Å². The highest BCUT2D eigenvalue weighted by Gasteiger charge is 2.59. The monoisotopic (exact) mass is 317 g/mol. The molecule has 2 aliphatic rings. The first-order chi connectivity index (χ1) is 10.9. The summed E-state index contributed by atoms with van der Waals surface area (Å²) in [4.78, 5) is 23.4. The van der Waals surface area contributed by atoms with Crippen LogP contribution in [0.4, 0.5) is 0 Å². The molecule has 5 nitrogen and oxygen atoms in total. The van der Waals surface area contributed by atoms with Crippen molar-refractivity contribution in [2.24, 2.45) is 10.8 Å². The van der Waals surface area contributed by atoms with Crippen molar-refractivity contribution in [3.05, 3.63) is 35.9 Å². The van der Waals surface area contributed by atoms with E-state index >= 15 is 0 Å². The highest BCUT2D eigenvalue weighted by molar-refractivity contribution is 6.05. The van der Waals surface area contributed by atoms with Crippen molar-refractivity contribution in [1.29, 1.82) is 0 Å². The summed E-state index contributed by atoms with van der Waals surface area (Å²) in [5, 5.41) is 12.1. The Bertz CT molecular complexity index is 607. The molecule has 0 bridgehead atoms. The van der Waals surface area contributed by atoms with Gasteiger partial charge in [-0.3, -0.25) is 9.59 Å². The number of carbonyl (C=O) groups is 2. The number of ether oxygens (including phenoxy) is 1. The summed E-state index contributed by atoms with van der Waals surface area (Å²) >= 11 is 0. The molecule has 2 aliphatic carbocycles. The molecule has 5 heteroatoms. The summed E-state index contributed by atoms with van der Waals surface area (Å²) in [6.07, 6.45) is 1.67. The summed E-state index contributed by atoms with van der Waals surface area (Å²) in [5.41, 5.74) is -0.246.